The van der Waals surface area contributed by atoms with E-state index in [4.69, 9.17) is 5.11 Å². The van der Waals surface area contributed by atoms with Crippen LogP contribution < -0.4 is 10.6 Å². The molecule has 8 nitrogen and oxygen atoms in total. The number of aromatic nitrogens is 4. The van der Waals surface area contributed by atoms with Gasteiger partial charge in [0.15, 0.2) is 5.65 Å². The highest BCUT2D eigenvalue weighted by Gasteiger charge is 2.12. The summed E-state index contributed by atoms with van der Waals surface area (Å²) in [5.74, 6) is 1.13. The van der Waals surface area contributed by atoms with Crippen molar-refractivity contribution in [3.8, 4) is 0 Å². The van der Waals surface area contributed by atoms with Crippen LogP contribution in [0.3, 0.4) is 0 Å². The normalized spacial score (nSPS) is 12.3. The van der Waals surface area contributed by atoms with Crippen LogP contribution in [-0.2, 0) is 13.1 Å². The van der Waals surface area contributed by atoms with Crippen molar-refractivity contribution in [2.45, 2.75) is 26.1 Å². The van der Waals surface area contributed by atoms with Crippen molar-refractivity contribution in [1.29, 1.82) is 0 Å². The van der Waals surface area contributed by atoms with Gasteiger partial charge in [0.05, 0.1) is 18.9 Å². The van der Waals surface area contributed by atoms with E-state index in [0.717, 1.165) is 5.95 Å². The Morgan fingerprint density at radius 3 is 2.68 bits per heavy atom. The molecule has 0 aliphatic carbocycles. The van der Waals surface area contributed by atoms with Gasteiger partial charge < -0.3 is 20.8 Å². The third kappa shape index (κ3) is 4.04. The average Bonchev–Trinajstić information content (AvgIpc) is 3.01. The van der Waals surface area contributed by atoms with Crippen LogP contribution in [0.4, 0.5) is 11.9 Å². The molecule has 0 aliphatic rings. The fraction of sp³-hybridized carbons (Fsp3) is 0.353. The van der Waals surface area contributed by atoms with Gasteiger partial charge in [-0.3, -0.25) is 4.57 Å². The zero-order chi connectivity index (χ0) is 17.6. The summed E-state index contributed by atoms with van der Waals surface area (Å²) in [6, 6.07) is 10.1. The molecular formula is C17H22N6O2. The van der Waals surface area contributed by atoms with Crippen molar-refractivity contribution in [3.05, 3.63) is 42.1 Å². The lowest BCUT2D eigenvalue weighted by molar-refractivity contribution is 0.105. The Labute approximate surface area is 145 Å². The first-order valence-corrected chi connectivity index (χ1v) is 8.25. The lowest BCUT2D eigenvalue weighted by atomic mass is 10.2. The smallest absolute Gasteiger partial charge is 0.224 e. The van der Waals surface area contributed by atoms with Crippen molar-refractivity contribution in [1.82, 2.24) is 19.5 Å². The van der Waals surface area contributed by atoms with E-state index in [1.807, 2.05) is 29.7 Å². The molecule has 0 saturated carbocycles. The lowest BCUT2D eigenvalue weighted by Crippen LogP contribution is -2.23. The van der Waals surface area contributed by atoms with Crippen molar-refractivity contribution in [2.24, 2.45) is 0 Å². The number of aliphatic hydroxyl groups excluding tert-OH is 2. The van der Waals surface area contributed by atoms with Gasteiger partial charge >= 0.3 is 0 Å². The number of benzene rings is 1. The molecule has 0 fully saturated rings. The largest absolute Gasteiger partial charge is 0.394 e. The van der Waals surface area contributed by atoms with Gasteiger partial charge in [-0.15, -0.1) is 0 Å². The van der Waals surface area contributed by atoms with E-state index in [-0.39, 0.29) is 13.2 Å². The second-order valence-electron chi connectivity index (χ2n) is 5.64. The number of aliphatic hydroxyl groups is 2. The van der Waals surface area contributed by atoms with Crippen LogP contribution in [0, 0.1) is 0 Å². The van der Waals surface area contributed by atoms with E-state index in [1.165, 1.54) is 5.56 Å². The summed E-state index contributed by atoms with van der Waals surface area (Å²) in [6.45, 7) is 3.28. The van der Waals surface area contributed by atoms with Crippen LogP contribution in [0.2, 0.25) is 0 Å². The highest BCUT2D eigenvalue weighted by molar-refractivity contribution is 5.74. The number of fused-ring (bicyclic) bond motifs is 1. The maximum atomic E-state index is 9.42. The van der Waals surface area contributed by atoms with Crippen LogP contribution in [0.15, 0.2) is 36.5 Å². The summed E-state index contributed by atoms with van der Waals surface area (Å²) in [4.78, 5) is 13.2. The highest BCUT2D eigenvalue weighted by atomic mass is 16.3. The van der Waals surface area contributed by atoms with Crippen LogP contribution in [-0.4, -0.2) is 49.0 Å². The number of nitrogens with one attached hydrogen (secondary N) is 2. The quantitative estimate of drug-likeness (QED) is 0.487. The molecule has 3 aromatic rings. The monoisotopic (exact) mass is 342 g/mol. The standard InChI is InChI=1S/C17H22N6O2/c1-2-23-15-14(10-19-16(22-15)18-9-13(25)11-24)21-17(23)20-8-12-6-4-3-5-7-12/h3-7,10,13,24-25H,2,8-9,11H2,1H3,(H,20,21)(H,18,19,22). The third-order valence-electron chi connectivity index (χ3n) is 3.80. The number of hydrogen-bond acceptors (Lipinski definition) is 7. The predicted octanol–water partition coefficient (Wildman–Crippen LogP) is 1.22. The SMILES string of the molecule is CCn1c(NCc2ccccc2)nc2cnc(NCC(O)CO)nc21. The summed E-state index contributed by atoms with van der Waals surface area (Å²) in [5.41, 5.74) is 2.59. The number of rotatable bonds is 8. The Hall–Kier alpha value is -2.71. The molecule has 2 aromatic heterocycles. The van der Waals surface area contributed by atoms with Gasteiger partial charge in [-0.1, -0.05) is 30.3 Å². The maximum Gasteiger partial charge on any atom is 0.224 e. The molecule has 1 unspecified atom stereocenters. The molecule has 8 heteroatoms. The first kappa shape index (κ1) is 17.1. The summed E-state index contributed by atoms with van der Waals surface area (Å²) < 4.78 is 1.98. The Balaban J connectivity index is 1.80. The third-order valence-corrected chi connectivity index (χ3v) is 3.80. The van der Waals surface area contributed by atoms with E-state index in [0.29, 0.717) is 30.2 Å². The maximum absolute atomic E-state index is 9.42. The summed E-state index contributed by atoms with van der Waals surface area (Å²) >= 11 is 0. The number of aryl methyl sites for hydroxylation is 1. The Morgan fingerprint density at radius 2 is 1.96 bits per heavy atom. The molecule has 0 bridgehead atoms. The molecule has 1 aromatic carbocycles. The van der Waals surface area contributed by atoms with Gasteiger partial charge in [-0.2, -0.15) is 4.98 Å². The number of nitrogens with zero attached hydrogens (tertiary/aromatic N) is 4. The van der Waals surface area contributed by atoms with Crippen LogP contribution in [0.1, 0.15) is 12.5 Å². The van der Waals surface area contributed by atoms with Crippen LogP contribution >= 0.6 is 0 Å². The minimum absolute atomic E-state index is 0.182. The molecular weight excluding hydrogens is 320 g/mol. The van der Waals surface area contributed by atoms with Gasteiger partial charge in [-0.05, 0) is 12.5 Å². The second-order valence-corrected chi connectivity index (χ2v) is 5.64. The van der Waals surface area contributed by atoms with Crippen LogP contribution in [0.5, 0.6) is 0 Å². The van der Waals surface area contributed by atoms with Gasteiger partial charge in [-0.25, -0.2) is 9.97 Å². The molecule has 3 rings (SSSR count). The van der Waals surface area contributed by atoms with E-state index >= 15 is 0 Å². The number of anilines is 2. The lowest BCUT2D eigenvalue weighted by Gasteiger charge is -2.10. The molecule has 0 spiro atoms. The van der Waals surface area contributed by atoms with E-state index in [9.17, 15) is 5.11 Å². The van der Waals surface area contributed by atoms with E-state index < -0.39 is 6.10 Å². The Morgan fingerprint density at radius 1 is 1.16 bits per heavy atom. The fourth-order valence-corrected chi connectivity index (χ4v) is 2.49. The summed E-state index contributed by atoms with van der Waals surface area (Å²) in [7, 11) is 0. The van der Waals surface area contributed by atoms with E-state index in [1.54, 1.807) is 6.20 Å². The van der Waals surface area contributed by atoms with Gasteiger partial charge in [0.2, 0.25) is 11.9 Å². The highest BCUT2D eigenvalue weighted by Crippen LogP contribution is 2.19. The van der Waals surface area contributed by atoms with Gasteiger partial charge in [0, 0.05) is 19.6 Å². The fourth-order valence-electron chi connectivity index (χ4n) is 2.49. The Kier molecular flexibility index (Phi) is 5.42. The molecule has 0 radical (unpaired) electrons. The molecule has 4 N–H and O–H groups in total. The topological polar surface area (TPSA) is 108 Å². The van der Waals surface area contributed by atoms with E-state index in [2.05, 4.69) is 37.7 Å². The molecule has 2 heterocycles. The number of hydrogen-bond donors (Lipinski definition) is 4. The average molecular weight is 342 g/mol. The van der Waals surface area contributed by atoms with Crippen LogP contribution in [0.25, 0.3) is 11.2 Å². The Bertz CT molecular complexity index is 821. The van der Waals surface area contributed by atoms with Crippen molar-refractivity contribution < 1.29 is 10.2 Å². The van der Waals surface area contributed by atoms with Crippen molar-refractivity contribution in [2.75, 3.05) is 23.8 Å². The minimum atomic E-state index is -0.849. The summed E-state index contributed by atoms with van der Waals surface area (Å²) in [6.07, 6.45) is 0.800. The second kappa shape index (κ2) is 7.91. The van der Waals surface area contributed by atoms with Crippen molar-refractivity contribution in [3.63, 3.8) is 0 Å². The summed E-state index contributed by atoms with van der Waals surface area (Å²) in [5, 5.41) is 24.5. The first-order valence-electron chi connectivity index (χ1n) is 8.25. The van der Waals surface area contributed by atoms with Crippen molar-refractivity contribution >= 4 is 23.1 Å². The first-order chi connectivity index (χ1) is 12.2. The number of imidazole rings is 1. The molecule has 1 atom stereocenters. The molecule has 0 amide bonds. The minimum Gasteiger partial charge on any atom is -0.394 e. The zero-order valence-electron chi connectivity index (χ0n) is 14.1. The molecule has 25 heavy (non-hydrogen) atoms. The molecule has 132 valence electrons. The zero-order valence-corrected chi connectivity index (χ0v) is 14.1. The van der Waals surface area contributed by atoms with Gasteiger partial charge in [0.1, 0.15) is 5.52 Å². The molecule has 0 aliphatic heterocycles. The van der Waals surface area contributed by atoms with Gasteiger partial charge in [0.25, 0.3) is 0 Å². The predicted molar refractivity (Wildman–Crippen MR) is 96.3 cm³/mol. The molecule has 0 saturated heterocycles.